The molecule has 0 saturated carbocycles. The van der Waals surface area contributed by atoms with Crippen LogP contribution in [-0.4, -0.2) is 51.6 Å². The highest BCUT2D eigenvalue weighted by atomic mass is 32.2. The largest absolute Gasteiger partial charge is 0.420 e. The summed E-state index contributed by atoms with van der Waals surface area (Å²) in [6, 6.07) is 4.81. The fraction of sp³-hybridized carbons (Fsp3) is 0.391. The zero-order valence-electron chi connectivity index (χ0n) is 20.1. The van der Waals surface area contributed by atoms with Gasteiger partial charge < -0.3 is 15.1 Å². The second-order valence-electron chi connectivity index (χ2n) is 9.91. The van der Waals surface area contributed by atoms with Crippen LogP contribution < -0.4 is 10.6 Å². The zero-order chi connectivity index (χ0) is 26.6. The first kappa shape index (κ1) is 26.2. The number of halogens is 2. The van der Waals surface area contributed by atoms with Gasteiger partial charge in [0.2, 0.25) is 5.89 Å². The molecule has 2 heterocycles. The van der Waals surface area contributed by atoms with Gasteiger partial charge in [0.15, 0.2) is 19.7 Å². The molecule has 0 aliphatic carbocycles. The lowest BCUT2D eigenvalue weighted by molar-refractivity contribution is 0.398. The Morgan fingerprint density at radius 3 is 2.42 bits per heavy atom. The van der Waals surface area contributed by atoms with Crippen molar-refractivity contribution in [2.75, 3.05) is 23.5 Å². The Kier molecular flexibility index (Phi) is 6.46. The SMILES string of the molecule is CC(C)(C)c1nnc(-c2cc3c(cc2F)S(=O)(=O)C[C@H](N)CN3Cc2ccc(S(C)(=O)=O)cc2F)o1. The number of benzene rings is 2. The molecule has 0 saturated heterocycles. The van der Waals surface area contributed by atoms with Gasteiger partial charge >= 0.3 is 0 Å². The van der Waals surface area contributed by atoms with Gasteiger partial charge in [0, 0.05) is 36.4 Å². The summed E-state index contributed by atoms with van der Waals surface area (Å²) in [7, 11) is -7.60. The fourth-order valence-corrected chi connectivity index (χ4v) is 6.16. The van der Waals surface area contributed by atoms with E-state index in [0.717, 1.165) is 18.4 Å². The number of anilines is 1. The topological polar surface area (TPSA) is 136 Å². The van der Waals surface area contributed by atoms with E-state index in [9.17, 15) is 21.2 Å². The Morgan fingerprint density at radius 1 is 1.14 bits per heavy atom. The van der Waals surface area contributed by atoms with E-state index in [4.69, 9.17) is 10.2 Å². The second-order valence-corrected chi connectivity index (χ2v) is 13.9. The number of hydrogen-bond donors (Lipinski definition) is 1. The maximum atomic E-state index is 15.2. The van der Waals surface area contributed by atoms with Gasteiger partial charge in [-0.3, -0.25) is 0 Å². The molecule has 0 spiro atoms. The minimum absolute atomic E-state index is 0.0155. The quantitative estimate of drug-likeness (QED) is 0.530. The molecule has 13 heteroatoms. The highest BCUT2D eigenvalue weighted by molar-refractivity contribution is 7.91. The van der Waals surface area contributed by atoms with Crippen LogP contribution in [-0.2, 0) is 31.6 Å². The summed E-state index contributed by atoms with van der Waals surface area (Å²) in [5, 5.41) is 7.90. The highest BCUT2D eigenvalue weighted by Gasteiger charge is 2.33. The third-order valence-electron chi connectivity index (χ3n) is 5.72. The molecule has 0 fully saturated rings. The lowest BCUT2D eigenvalue weighted by Gasteiger charge is -2.26. The van der Waals surface area contributed by atoms with Crippen LogP contribution in [0.4, 0.5) is 14.5 Å². The summed E-state index contributed by atoms with van der Waals surface area (Å²) < 4.78 is 85.2. The number of sulfone groups is 2. The molecular weight excluding hydrogens is 514 g/mol. The smallest absolute Gasteiger partial charge is 0.250 e. The molecule has 4 rings (SSSR count). The predicted molar refractivity (Wildman–Crippen MR) is 129 cm³/mol. The van der Waals surface area contributed by atoms with Crippen LogP contribution in [0.3, 0.4) is 0 Å². The van der Waals surface area contributed by atoms with E-state index in [-0.39, 0.29) is 51.5 Å². The van der Waals surface area contributed by atoms with E-state index in [0.29, 0.717) is 0 Å². The molecule has 1 aromatic heterocycles. The third kappa shape index (κ3) is 5.13. The average molecular weight is 541 g/mol. The van der Waals surface area contributed by atoms with Crippen LogP contribution in [0.1, 0.15) is 32.2 Å². The molecule has 0 amide bonds. The van der Waals surface area contributed by atoms with Crippen molar-refractivity contribution in [2.45, 2.75) is 48.6 Å². The van der Waals surface area contributed by atoms with E-state index in [2.05, 4.69) is 10.2 Å². The van der Waals surface area contributed by atoms with Crippen LogP contribution in [0.5, 0.6) is 0 Å². The molecular formula is C23H26F2N4O5S2. The summed E-state index contributed by atoms with van der Waals surface area (Å²) in [6.45, 7) is 5.40. The summed E-state index contributed by atoms with van der Waals surface area (Å²) in [6.07, 6.45) is 0.967. The van der Waals surface area contributed by atoms with Gasteiger partial charge in [0.1, 0.15) is 11.6 Å². The molecule has 0 bridgehead atoms. The number of nitrogens with zero attached hydrogens (tertiary/aromatic N) is 3. The maximum absolute atomic E-state index is 15.2. The molecule has 0 unspecified atom stereocenters. The van der Waals surface area contributed by atoms with Gasteiger partial charge in [0.25, 0.3) is 5.89 Å². The summed E-state index contributed by atoms with van der Waals surface area (Å²) in [5.74, 6) is -1.95. The number of nitrogens with two attached hydrogens (primary N) is 1. The van der Waals surface area contributed by atoms with Crippen LogP contribution in [0.15, 0.2) is 44.5 Å². The van der Waals surface area contributed by atoms with Gasteiger partial charge in [0.05, 0.1) is 26.8 Å². The lowest BCUT2D eigenvalue weighted by atomic mass is 9.97. The van der Waals surface area contributed by atoms with Crippen LogP contribution >= 0.6 is 0 Å². The van der Waals surface area contributed by atoms with Gasteiger partial charge in [-0.25, -0.2) is 25.6 Å². The molecule has 3 aromatic rings. The maximum Gasteiger partial charge on any atom is 0.250 e. The van der Waals surface area contributed by atoms with E-state index >= 15 is 4.39 Å². The van der Waals surface area contributed by atoms with E-state index in [1.807, 2.05) is 20.8 Å². The van der Waals surface area contributed by atoms with Crippen molar-refractivity contribution in [1.82, 2.24) is 10.2 Å². The van der Waals surface area contributed by atoms with Crippen molar-refractivity contribution in [2.24, 2.45) is 5.73 Å². The fourth-order valence-electron chi connectivity index (χ4n) is 3.89. The van der Waals surface area contributed by atoms with Gasteiger partial charge in [-0.2, -0.15) is 0 Å². The first-order chi connectivity index (χ1) is 16.6. The first-order valence-corrected chi connectivity index (χ1v) is 14.5. The van der Waals surface area contributed by atoms with Crippen molar-refractivity contribution in [3.05, 3.63) is 53.4 Å². The zero-order valence-corrected chi connectivity index (χ0v) is 21.8. The number of fused-ring (bicyclic) bond motifs is 1. The van der Waals surface area contributed by atoms with Crippen molar-refractivity contribution >= 4 is 25.4 Å². The standard InChI is InChI=1S/C23H26F2N4O5S2/c1-23(2,3)22-28-27-21(34-22)16-8-19-20(9-18(16)25)36(32,33)12-14(26)11-29(19)10-13-5-6-15(7-17(13)24)35(4,30)31/h5-9,14H,10-12,26H2,1-4H3/t14-/m1/s1. The molecule has 2 N–H and O–H groups in total. The minimum Gasteiger partial charge on any atom is -0.420 e. The van der Waals surface area contributed by atoms with Crippen LogP contribution in [0, 0.1) is 11.6 Å². The molecule has 1 atom stereocenters. The van der Waals surface area contributed by atoms with Gasteiger partial charge in [-0.05, 0) is 24.3 Å². The van der Waals surface area contributed by atoms with Crippen molar-refractivity contribution in [1.29, 1.82) is 0 Å². The predicted octanol–water partition coefficient (Wildman–Crippen LogP) is 2.84. The Bertz CT molecular complexity index is 1550. The Hall–Kier alpha value is -2.90. The average Bonchev–Trinajstić information content (AvgIpc) is 3.21. The Balaban J connectivity index is 1.84. The molecule has 0 radical (unpaired) electrons. The lowest BCUT2D eigenvalue weighted by Crippen LogP contribution is -2.39. The number of rotatable bonds is 4. The number of hydrogen-bond acceptors (Lipinski definition) is 9. The van der Waals surface area contributed by atoms with Crippen LogP contribution in [0.2, 0.25) is 0 Å². The van der Waals surface area contributed by atoms with Crippen molar-refractivity contribution < 1.29 is 30.0 Å². The molecule has 2 aromatic carbocycles. The van der Waals surface area contributed by atoms with Gasteiger partial charge in [-0.15, -0.1) is 10.2 Å². The monoisotopic (exact) mass is 540 g/mol. The summed E-state index contributed by atoms with van der Waals surface area (Å²) >= 11 is 0. The third-order valence-corrected chi connectivity index (χ3v) is 8.70. The Morgan fingerprint density at radius 2 is 1.83 bits per heavy atom. The van der Waals surface area contributed by atoms with Gasteiger partial charge in [-0.1, -0.05) is 26.8 Å². The molecule has 1 aliphatic heterocycles. The second kappa shape index (κ2) is 8.89. The van der Waals surface area contributed by atoms with E-state index in [1.54, 1.807) is 0 Å². The summed E-state index contributed by atoms with van der Waals surface area (Å²) in [5.41, 5.74) is 5.67. The minimum atomic E-state index is -3.97. The highest BCUT2D eigenvalue weighted by Crippen LogP contribution is 2.37. The first-order valence-electron chi connectivity index (χ1n) is 11.0. The van der Waals surface area contributed by atoms with Crippen molar-refractivity contribution in [3.8, 4) is 11.5 Å². The Labute approximate surface area is 208 Å². The van der Waals surface area contributed by atoms with E-state index < -0.39 is 48.5 Å². The molecule has 36 heavy (non-hydrogen) atoms. The number of aromatic nitrogens is 2. The van der Waals surface area contributed by atoms with Crippen LogP contribution in [0.25, 0.3) is 11.5 Å². The molecule has 1 aliphatic rings. The van der Waals surface area contributed by atoms with E-state index in [1.165, 1.54) is 23.1 Å². The van der Waals surface area contributed by atoms with Crippen molar-refractivity contribution in [3.63, 3.8) is 0 Å². The molecule has 9 nitrogen and oxygen atoms in total. The summed E-state index contributed by atoms with van der Waals surface area (Å²) in [4.78, 5) is 1.04. The normalized spacial score (nSPS) is 18.1. The molecule has 194 valence electrons.